The molecule has 0 fully saturated rings. The molecule has 0 saturated carbocycles. The Labute approximate surface area is 229 Å². The molecule has 3 nitrogen and oxygen atoms in total. The van der Waals surface area contributed by atoms with E-state index in [2.05, 4.69) is 100 Å². The molecule has 190 valence electrons. The number of halogens is 2. The third-order valence-corrected chi connectivity index (χ3v) is 24.2. The van der Waals surface area contributed by atoms with Crippen LogP contribution in [0.4, 0.5) is 0 Å². The van der Waals surface area contributed by atoms with Gasteiger partial charge in [-0.3, -0.25) is 0 Å². The molecule has 4 aromatic carbocycles. The summed E-state index contributed by atoms with van der Waals surface area (Å²) in [5.41, 5.74) is 5.24. The number of ether oxygens (including phenoxy) is 2. The fourth-order valence-electron chi connectivity index (χ4n) is 5.67. The summed E-state index contributed by atoms with van der Waals surface area (Å²) in [7, 11) is 5.67. The maximum absolute atomic E-state index is 7.36. The smallest absolute Gasteiger partial charge is 0.147 e. The first-order chi connectivity index (χ1) is 16.4. The summed E-state index contributed by atoms with van der Waals surface area (Å²) in [6, 6.07) is 28.1. The van der Waals surface area contributed by atoms with Gasteiger partial charge >= 0.3 is 206 Å². The number of rotatable bonds is 7. The second-order valence-corrected chi connectivity index (χ2v) is 26.0. The molecule has 0 saturated heterocycles. The summed E-state index contributed by atoms with van der Waals surface area (Å²) in [6.07, 6.45) is 0. The van der Waals surface area contributed by atoms with Crippen molar-refractivity contribution in [3.63, 3.8) is 0 Å². The quantitative estimate of drug-likeness (QED) is 0.209. The molecule has 0 spiro atoms. The molecule has 4 aromatic rings. The van der Waals surface area contributed by atoms with Gasteiger partial charge in [0, 0.05) is 0 Å². The van der Waals surface area contributed by atoms with Crippen molar-refractivity contribution >= 4 is 43.2 Å². The van der Waals surface area contributed by atoms with Crippen molar-refractivity contribution in [2.24, 2.45) is 0 Å². The second-order valence-electron chi connectivity index (χ2n) is 9.57. The third-order valence-electron chi connectivity index (χ3n) is 7.97. The minimum atomic E-state index is -3.71. The van der Waals surface area contributed by atoms with E-state index in [0.717, 1.165) is 26.7 Å². The Bertz CT molecular complexity index is 1410. The molecule has 1 aliphatic carbocycles. The average molecular weight is 577 g/mol. The normalized spacial score (nSPS) is 12.7. The Kier molecular flexibility index (Phi) is 8.59. The van der Waals surface area contributed by atoms with Crippen molar-refractivity contribution in [2.45, 2.75) is 27.5 Å². The molecule has 5 rings (SSSR count). The summed E-state index contributed by atoms with van der Waals surface area (Å²) >= 11 is -3.71. The molecule has 0 atom stereocenters. The van der Waals surface area contributed by atoms with Crippen LogP contribution in [0.5, 0.6) is 17.2 Å². The van der Waals surface area contributed by atoms with Gasteiger partial charge in [0.1, 0.15) is 0 Å². The van der Waals surface area contributed by atoms with Gasteiger partial charge in [0.15, 0.2) is 0 Å². The van der Waals surface area contributed by atoms with Crippen LogP contribution in [-0.4, -0.2) is 21.9 Å². The molecule has 0 N–H and O–H groups in total. The van der Waals surface area contributed by atoms with Crippen molar-refractivity contribution in [2.75, 3.05) is 14.2 Å². The van der Waals surface area contributed by atoms with Crippen LogP contribution >= 0.6 is 24.8 Å². The monoisotopic (exact) mass is 576 g/mol. The topological polar surface area (TPSA) is 27.7 Å². The van der Waals surface area contributed by atoms with Crippen molar-refractivity contribution in [3.8, 4) is 28.4 Å². The van der Waals surface area contributed by atoms with Gasteiger partial charge in [-0.15, -0.1) is 24.8 Å². The van der Waals surface area contributed by atoms with E-state index in [4.69, 9.17) is 12.8 Å². The predicted octanol–water partition coefficient (Wildman–Crippen LogP) is 7.88. The van der Waals surface area contributed by atoms with E-state index in [1.165, 1.54) is 33.0 Å². The average Bonchev–Trinajstić information content (AvgIpc) is 3.22. The van der Waals surface area contributed by atoms with E-state index in [0.29, 0.717) is 0 Å². The van der Waals surface area contributed by atoms with Crippen LogP contribution in [0.25, 0.3) is 21.9 Å². The third kappa shape index (κ3) is 4.59. The molecular weight excluding hydrogens is 543 g/mol. The number of benzene rings is 4. The van der Waals surface area contributed by atoms with Crippen LogP contribution < -0.4 is 12.8 Å². The standard InChI is InChI=1S/C15H13O2.C10H8O.2C2H5.2ClH.H2Si.Ti/c1-16-12-3-5-14-10(8-12)7-11-9-13(17-2)4-6-15(11)14;11-10-6-5-8-3-1-2-4-9(8)7-10;2*1-2;;;;/h3-9H,1-2H3;1-7,11H;2*1H2,2H3;2*1H;1H2;/q;;;;;;;+1/p-1. The first-order valence-electron chi connectivity index (χ1n) is 12.0. The summed E-state index contributed by atoms with van der Waals surface area (Å²) in [6.45, 7) is 4.65. The van der Waals surface area contributed by atoms with Crippen LogP contribution in [0.2, 0.25) is 9.45 Å². The minimum absolute atomic E-state index is 0. The van der Waals surface area contributed by atoms with Gasteiger partial charge < -0.3 is 0 Å². The van der Waals surface area contributed by atoms with Crippen molar-refractivity contribution < 1.29 is 27.2 Å². The molecule has 0 unspecified atom stereocenters. The Balaban J connectivity index is 0.00000180. The summed E-state index contributed by atoms with van der Waals surface area (Å²) in [5, 5.41) is 2.45. The van der Waals surface area contributed by atoms with Crippen LogP contribution in [0.15, 0.2) is 78.9 Å². The maximum atomic E-state index is 7.36. The summed E-state index contributed by atoms with van der Waals surface area (Å²) in [5.74, 6) is 2.77. The van der Waals surface area contributed by atoms with E-state index in [1.807, 2.05) is 0 Å². The molecule has 0 amide bonds. The van der Waals surface area contributed by atoms with Crippen molar-refractivity contribution in [3.05, 3.63) is 90.0 Å². The first-order valence-corrected chi connectivity index (χ1v) is 19.8. The molecule has 1 aliphatic rings. The fraction of sp³-hybridized carbons (Fsp3) is 0.241. The first kappa shape index (κ1) is 28.6. The molecule has 0 heterocycles. The molecule has 7 heteroatoms. The molecule has 0 radical (unpaired) electrons. The van der Waals surface area contributed by atoms with E-state index in [-0.39, 0.29) is 29.0 Å². The van der Waals surface area contributed by atoms with Gasteiger partial charge in [-0.05, 0) is 0 Å². The number of methoxy groups -OCH3 is 2. The fourth-order valence-corrected chi connectivity index (χ4v) is 15.3. The Morgan fingerprint density at radius 3 is 1.67 bits per heavy atom. The van der Waals surface area contributed by atoms with E-state index in [9.17, 15) is 0 Å². The molecule has 0 aromatic heterocycles. The van der Waals surface area contributed by atoms with Crippen LogP contribution in [0.3, 0.4) is 0 Å². The van der Waals surface area contributed by atoms with Crippen molar-refractivity contribution in [1.29, 1.82) is 0 Å². The zero-order valence-corrected chi connectivity index (χ0v) is 25.9. The Morgan fingerprint density at radius 1 is 0.667 bits per heavy atom. The number of hydrogen-bond donors (Lipinski definition) is 0. The van der Waals surface area contributed by atoms with Gasteiger partial charge in [0.05, 0.1) is 0 Å². The summed E-state index contributed by atoms with van der Waals surface area (Å²) in [4.78, 5) is 0. The van der Waals surface area contributed by atoms with Gasteiger partial charge in [-0.25, -0.2) is 0 Å². The van der Waals surface area contributed by atoms with E-state index in [1.54, 1.807) is 14.2 Å². The van der Waals surface area contributed by atoms with Crippen LogP contribution in [0.1, 0.15) is 29.2 Å². The van der Waals surface area contributed by atoms with Crippen molar-refractivity contribution in [1.82, 2.24) is 0 Å². The van der Waals surface area contributed by atoms with Gasteiger partial charge in [-0.2, -0.15) is 0 Å². The molecule has 0 bridgehead atoms. The predicted molar refractivity (Wildman–Crippen MR) is 155 cm³/mol. The second kappa shape index (κ2) is 10.8. The van der Waals surface area contributed by atoms with Gasteiger partial charge in [0.25, 0.3) is 0 Å². The zero-order valence-electron chi connectivity index (χ0n) is 21.2. The van der Waals surface area contributed by atoms with Gasteiger partial charge in [-0.1, -0.05) is 0 Å². The molecule has 0 aliphatic heterocycles. The number of hydrogen-bond acceptors (Lipinski definition) is 3. The minimum Gasteiger partial charge on any atom is -0.147 e. The van der Waals surface area contributed by atoms with E-state index >= 15 is 0 Å². The van der Waals surface area contributed by atoms with Crippen LogP contribution in [0, 0.1) is 0 Å². The Morgan fingerprint density at radius 2 is 1.17 bits per heavy atom. The zero-order chi connectivity index (χ0) is 23.9. The van der Waals surface area contributed by atoms with E-state index < -0.39 is 14.4 Å². The van der Waals surface area contributed by atoms with Gasteiger partial charge in [0.2, 0.25) is 0 Å². The SMILES string of the molecule is C[CH2][Ti](=[SiH2])([CH2]C)([O]c1ccc2ccccc2c1)[CH]1c2cc(OC)ccc2-c2ccc(OC)cc21.Cl.Cl. The molecular formula is C29H34Cl2O3SiTi. The molecule has 36 heavy (non-hydrogen) atoms. The largest absolute Gasteiger partial charge is 0.147 e. The number of fused-ring (bicyclic) bond motifs is 4. The maximum Gasteiger partial charge on any atom is -0.147 e. The van der Waals surface area contributed by atoms with Crippen LogP contribution in [-0.2, 0) is 14.4 Å². The Hall–Kier alpha value is -1.95. The summed E-state index contributed by atoms with van der Waals surface area (Å²) < 4.78 is 21.0.